The van der Waals surface area contributed by atoms with Crippen molar-refractivity contribution in [2.75, 3.05) is 24.5 Å². The van der Waals surface area contributed by atoms with Crippen molar-refractivity contribution in [2.24, 2.45) is 18.7 Å². The Morgan fingerprint density at radius 1 is 1.30 bits per heavy atom. The van der Waals surface area contributed by atoms with Gasteiger partial charge in [0.15, 0.2) is 0 Å². The molecular formula is C15H20N4O. The van der Waals surface area contributed by atoms with Gasteiger partial charge in [0.25, 0.3) is 5.56 Å². The predicted octanol–water partition coefficient (Wildman–Crippen LogP) is 1.11. The third-order valence-corrected chi connectivity index (χ3v) is 4.28. The number of hydrogen-bond acceptors (Lipinski definition) is 4. The maximum absolute atomic E-state index is 11.7. The Morgan fingerprint density at radius 3 is 2.75 bits per heavy atom. The average Bonchev–Trinajstić information content (AvgIpc) is 2.51. The summed E-state index contributed by atoms with van der Waals surface area (Å²) in [6.45, 7) is 2.81. The minimum atomic E-state index is -0.0241. The summed E-state index contributed by atoms with van der Waals surface area (Å²) in [5.41, 5.74) is 7.64. The SMILES string of the molecule is Cn1c(=O)ccc2c(N3CCC(CN)CC3)ccnc21. The molecule has 3 rings (SSSR count). The number of aryl methyl sites for hydroxylation is 1. The second-order valence-corrected chi connectivity index (χ2v) is 5.46. The van der Waals surface area contributed by atoms with Crippen molar-refractivity contribution in [3.63, 3.8) is 0 Å². The second-order valence-electron chi connectivity index (χ2n) is 5.46. The number of nitrogens with zero attached hydrogens (tertiary/aromatic N) is 3. The topological polar surface area (TPSA) is 64.2 Å². The molecule has 5 heteroatoms. The van der Waals surface area contributed by atoms with Crippen LogP contribution in [0.3, 0.4) is 0 Å². The molecule has 0 bridgehead atoms. The molecule has 20 heavy (non-hydrogen) atoms. The maximum Gasteiger partial charge on any atom is 0.251 e. The molecule has 1 aliphatic rings. The van der Waals surface area contributed by atoms with Crippen LogP contribution in [0.25, 0.3) is 11.0 Å². The molecule has 2 N–H and O–H groups in total. The van der Waals surface area contributed by atoms with E-state index in [9.17, 15) is 4.79 Å². The van der Waals surface area contributed by atoms with E-state index < -0.39 is 0 Å². The molecule has 2 aromatic heterocycles. The van der Waals surface area contributed by atoms with Crippen LogP contribution in [0.1, 0.15) is 12.8 Å². The molecule has 0 aromatic carbocycles. The first-order valence-corrected chi connectivity index (χ1v) is 7.10. The van der Waals surface area contributed by atoms with Gasteiger partial charge in [-0.1, -0.05) is 0 Å². The van der Waals surface area contributed by atoms with Gasteiger partial charge in [0.05, 0.1) is 0 Å². The number of anilines is 1. The average molecular weight is 272 g/mol. The Balaban J connectivity index is 2.00. The molecule has 0 saturated carbocycles. The van der Waals surface area contributed by atoms with E-state index in [1.807, 2.05) is 12.1 Å². The van der Waals surface area contributed by atoms with Gasteiger partial charge in [0, 0.05) is 43.5 Å². The number of rotatable bonds is 2. The van der Waals surface area contributed by atoms with E-state index in [0.29, 0.717) is 5.92 Å². The lowest BCUT2D eigenvalue weighted by molar-refractivity contribution is 0.415. The summed E-state index contributed by atoms with van der Waals surface area (Å²) in [7, 11) is 1.77. The highest BCUT2D eigenvalue weighted by Gasteiger charge is 2.20. The summed E-state index contributed by atoms with van der Waals surface area (Å²) in [6.07, 6.45) is 4.05. The van der Waals surface area contributed by atoms with Crippen molar-refractivity contribution in [3.8, 4) is 0 Å². The summed E-state index contributed by atoms with van der Waals surface area (Å²) in [5, 5.41) is 1.04. The van der Waals surface area contributed by atoms with E-state index in [1.54, 1.807) is 23.9 Å². The lowest BCUT2D eigenvalue weighted by Gasteiger charge is -2.33. The van der Waals surface area contributed by atoms with Crippen molar-refractivity contribution >= 4 is 16.7 Å². The molecule has 0 unspecified atom stereocenters. The zero-order valence-corrected chi connectivity index (χ0v) is 11.7. The smallest absolute Gasteiger partial charge is 0.251 e. The Morgan fingerprint density at radius 2 is 2.05 bits per heavy atom. The summed E-state index contributed by atoms with van der Waals surface area (Å²) in [6, 6.07) is 5.53. The van der Waals surface area contributed by atoms with Gasteiger partial charge < -0.3 is 10.6 Å². The van der Waals surface area contributed by atoms with Gasteiger partial charge in [-0.05, 0) is 37.4 Å². The minimum absolute atomic E-state index is 0.0241. The molecule has 106 valence electrons. The quantitative estimate of drug-likeness (QED) is 0.889. The second kappa shape index (κ2) is 5.25. The van der Waals surface area contributed by atoms with E-state index in [4.69, 9.17) is 5.73 Å². The highest BCUT2D eigenvalue weighted by atomic mass is 16.1. The molecule has 3 heterocycles. The summed E-state index contributed by atoms with van der Waals surface area (Å²) < 4.78 is 1.60. The van der Waals surface area contributed by atoms with Gasteiger partial charge in [0.2, 0.25) is 0 Å². The first-order valence-electron chi connectivity index (χ1n) is 7.10. The van der Waals surface area contributed by atoms with Crippen molar-refractivity contribution in [3.05, 3.63) is 34.7 Å². The third-order valence-electron chi connectivity index (χ3n) is 4.28. The Labute approximate surface area is 118 Å². The molecule has 0 spiro atoms. The van der Waals surface area contributed by atoms with E-state index in [0.717, 1.165) is 43.5 Å². The first-order chi connectivity index (χ1) is 9.70. The number of fused-ring (bicyclic) bond motifs is 1. The lowest BCUT2D eigenvalue weighted by Crippen LogP contribution is -2.36. The van der Waals surface area contributed by atoms with E-state index in [-0.39, 0.29) is 5.56 Å². The fourth-order valence-electron chi connectivity index (χ4n) is 2.94. The van der Waals surface area contributed by atoms with Crippen molar-refractivity contribution in [2.45, 2.75) is 12.8 Å². The molecule has 5 nitrogen and oxygen atoms in total. The highest BCUT2D eigenvalue weighted by Crippen LogP contribution is 2.28. The number of piperidine rings is 1. The van der Waals surface area contributed by atoms with Crippen LogP contribution in [0, 0.1) is 5.92 Å². The first kappa shape index (κ1) is 13.1. The summed E-state index contributed by atoms with van der Waals surface area (Å²) in [5.74, 6) is 0.642. The molecule has 2 aromatic rings. The number of pyridine rings is 2. The van der Waals surface area contributed by atoms with Gasteiger partial charge in [-0.25, -0.2) is 4.98 Å². The third kappa shape index (κ3) is 2.18. The molecule has 1 aliphatic heterocycles. The van der Waals surface area contributed by atoms with Crippen molar-refractivity contribution in [1.82, 2.24) is 9.55 Å². The predicted molar refractivity (Wildman–Crippen MR) is 81.0 cm³/mol. The molecule has 0 aliphatic carbocycles. The number of aromatic nitrogens is 2. The normalized spacial score (nSPS) is 16.8. The van der Waals surface area contributed by atoms with Crippen LogP contribution < -0.4 is 16.2 Å². The molecule has 1 fully saturated rings. The Kier molecular flexibility index (Phi) is 3.44. The van der Waals surface area contributed by atoms with E-state index in [1.165, 1.54) is 5.69 Å². The highest BCUT2D eigenvalue weighted by molar-refractivity contribution is 5.89. The summed E-state index contributed by atoms with van der Waals surface area (Å²) >= 11 is 0. The van der Waals surface area contributed by atoms with Gasteiger partial charge >= 0.3 is 0 Å². The number of nitrogens with two attached hydrogens (primary N) is 1. The fraction of sp³-hybridized carbons (Fsp3) is 0.467. The van der Waals surface area contributed by atoms with E-state index in [2.05, 4.69) is 9.88 Å². The van der Waals surface area contributed by atoms with Crippen LogP contribution in [-0.4, -0.2) is 29.2 Å². The minimum Gasteiger partial charge on any atom is -0.371 e. The Hall–Kier alpha value is -1.88. The lowest BCUT2D eigenvalue weighted by atomic mass is 9.96. The monoisotopic (exact) mass is 272 g/mol. The summed E-state index contributed by atoms with van der Waals surface area (Å²) in [4.78, 5) is 18.4. The zero-order chi connectivity index (χ0) is 14.1. The molecule has 0 radical (unpaired) electrons. The molecule has 1 saturated heterocycles. The van der Waals surface area contributed by atoms with Crippen LogP contribution in [0.2, 0.25) is 0 Å². The van der Waals surface area contributed by atoms with Gasteiger partial charge in [-0.3, -0.25) is 9.36 Å². The van der Waals surface area contributed by atoms with Crippen molar-refractivity contribution < 1.29 is 0 Å². The maximum atomic E-state index is 11.7. The Bertz CT molecular complexity index is 671. The van der Waals surface area contributed by atoms with Crippen LogP contribution in [0.4, 0.5) is 5.69 Å². The van der Waals surface area contributed by atoms with E-state index >= 15 is 0 Å². The van der Waals surface area contributed by atoms with Crippen LogP contribution in [-0.2, 0) is 7.05 Å². The molecule has 0 atom stereocenters. The van der Waals surface area contributed by atoms with Crippen LogP contribution in [0.5, 0.6) is 0 Å². The molecule has 0 amide bonds. The van der Waals surface area contributed by atoms with Gasteiger partial charge in [-0.2, -0.15) is 0 Å². The number of hydrogen-bond donors (Lipinski definition) is 1. The van der Waals surface area contributed by atoms with Crippen LogP contribution in [0.15, 0.2) is 29.2 Å². The van der Waals surface area contributed by atoms with Crippen molar-refractivity contribution in [1.29, 1.82) is 0 Å². The van der Waals surface area contributed by atoms with Crippen LogP contribution >= 0.6 is 0 Å². The van der Waals surface area contributed by atoms with Gasteiger partial charge in [0.1, 0.15) is 5.65 Å². The molecular weight excluding hydrogens is 252 g/mol. The fourth-order valence-corrected chi connectivity index (χ4v) is 2.94. The zero-order valence-electron chi connectivity index (χ0n) is 11.7. The standard InChI is InChI=1S/C15H20N4O/c1-18-14(20)3-2-12-13(4-7-17-15(12)18)19-8-5-11(10-16)6-9-19/h2-4,7,11H,5-6,8-10,16H2,1H3. The van der Waals surface area contributed by atoms with Gasteiger partial charge in [-0.15, -0.1) is 0 Å². The largest absolute Gasteiger partial charge is 0.371 e.